The highest BCUT2D eigenvalue weighted by Crippen LogP contribution is 2.29. The second kappa shape index (κ2) is 3.65. The molecular formula is C10H12N2O2. The molecule has 1 amide bonds. The predicted molar refractivity (Wildman–Crippen MR) is 51.8 cm³/mol. The third-order valence-corrected chi connectivity index (χ3v) is 2.62. The van der Waals surface area contributed by atoms with Crippen LogP contribution in [0.3, 0.4) is 0 Å². The quantitative estimate of drug-likeness (QED) is 0.700. The molecule has 0 spiro atoms. The molecule has 1 aromatic heterocycles. The molecule has 4 heteroatoms. The van der Waals surface area contributed by atoms with E-state index in [0.717, 1.165) is 31.4 Å². The summed E-state index contributed by atoms with van der Waals surface area (Å²) < 4.78 is 0. The fourth-order valence-electron chi connectivity index (χ4n) is 1.90. The molecule has 0 radical (unpaired) electrons. The van der Waals surface area contributed by atoms with Crippen molar-refractivity contribution in [2.75, 3.05) is 6.54 Å². The Balaban J connectivity index is 2.25. The van der Waals surface area contributed by atoms with Crippen molar-refractivity contribution in [2.24, 2.45) is 0 Å². The molecule has 4 nitrogen and oxygen atoms in total. The molecule has 1 saturated heterocycles. The van der Waals surface area contributed by atoms with Crippen molar-refractivity contribution in [1.82, 2.24) is 9.88 Å². The molecule has 0 aliphatic carbocycles. The van der Waals surface area contributed by atoms with Crippen molar-refractivity contribution >= 4 is 6.41 Å². The maximum atomic E-state index is 10.8. The summed E-state index contributed by atoms with van der Waals surface area (Å²) in [5.74, 6) is 0. The highest BCUT2D eigenvalue weighted by atomic mass is 16.1. The molecule has 0 saturated carbocycles. The van der Waals surface area contributed by atoms with Gasteiger partial charge in [-0.1, -0.05) is 6.07 Å². The van der Waals surface area contributed by atoms with Crippen molar-refractivity contribution in [3.05, 3.63) is 34.2 Å². The van der Waals surface area contributed by atoms with Crippen LogP contribution in [-0.4, -0.2) is 22.8 Å². The van der Waals surface area contributed by atoms with E-state index in [9.17, 15) is 9.59 Å². The molecule has 1 aliphatic heterocycles. The summed E-state index contributed by atoms with van der Waals surface area (Å²) in [4.78, 5) is 26.0. The van der Waals surface area contributed by atoms with Gasteiger partial charge in [-0.3, -0.25) is 9.59 Å². The number of rotatable bonds is 2. The summed E-state index contributed by atoms with van der Waals surface area (Å²) in [6.45, 7) is 0.813. The molecule has 0 bridgehead atoms. The van der Waals surface area contributed by atoms with Gasteiger partial charge in [-0.05, 0) is 18.4 Å². The summed E-state index contributed by atoms with van der Waals surface area (Å²) in [7, 11) is 0. The number of likely N-dealkylation sites (tertiary alicyclic amines) is 1. The first-order valence-electron chi connectivity index (χ1n) is 4.71. The topological polar surface area (TPSA) is 53.2 Å². The fraction of sp³-hybridized carbons (Fsp3) is 0.400. The second-order valence-electron chi connectivity index (χ2n) is 3.49. The van der Waals surface area contributed by atoms with E-state index in [0.29, 0.717) is 0 Å². The van der Waals surface area contributed by atoms with Crippen LogP contribution in [0.5, 0.6) is 0 Å². The second-order valence-corrected chi connectivity index (χ2v) is 3.49. The summed E-state index contributed by atoms with van der Waals surface area (Å²) >= 11 is 0. The van der Waals surface area contributed by atoms with Crippen LogP contribution in [-0.2, 0) is 4.79 Å². The summed E-state index contributed by atoms with van der Waals surface area (Å²) in [5.41, 5.74) is 0.901. The molecule has 2 heterocycles. The third-order valence-electron chi connectivity index (χ3n) is 2.62. The average Bonchev–Trinajstić information content (AvgIpc) is 2.67. The number of nitrogens with zero attached hydrogens (tertiary/aromatic N) is 1. The molecule has 0 unspecified atom stereocenters. The SMILES string of the molecule is O=CN1CCC[C@H]1c1ccc(=O)[nH]c1. The molecule has 1 fully saturated rings. The molecule has 74 valence electrons. The molecule has 1 aromatic rings. The Morgan fingerprint density at radius 2 is 2.36 bits per heavy atom. The van der Waals surface area contributed by atoms with Gasteiger partial charge in [0.2, 0.25) is 12.0 Å². The monoisotopic (exact) mass is 192 g/mol. The number of nitrogens with one attached hydrogen (secondary N) is 1. The highest BCUT2D eigenvalue weighted by molar-refractivity contribution is 5.49. The number of amides is 1. The van der Waals surface area contributed by atoms with Crippen molar-refractivity contribution < 1.29 is 4.79 Å². The van der Waals surface area contributed by atoms with Gasteiger partial charge in [-0.15, -0.1) is 0 Å². The fourth-order valence-corrected chi connectivity index (χ4v) is 1.90. The lowest BCUT2D eigenvalue weighted by Gasteiger charge is -2.19. The Kier molecular flexibility index (Phi) is 2.35. The van der Waals surface area contributed by atoms with Gasteiger partial charge in [-0.2, -0.15) is 0 Å². The van der Waals surface area contributed by atoms with E-state index in [1.165, 1.54) is 6.07 Å². The molecule has 14 heavy (non-hydrogen) atoms. The van der Waals surface area contributed by atoms with Crippen molar-refractivity contribution in [3.63, 3.8) is 0 Å². The first-order chi connectivity index (χ1) is 6.81. The Morgan fingerprint density at radius 1 is 1.50 bits per heavy atom. The first-order valence-corrected chi connectivity index (χ1v) is 4.71. The Labute approximate surface area is 81.6 Å². The van der Waals surface area contributed by atoms with E-state index in [-0.39, 0.29) is 11.6 Å². The summed E-state index contributed by atoms with van der Waals surface area (Å²) in [6, 6.07) is 3.42. The van der Waals surface area contributed by atoms with Gasteiger partial charge in [0.05, 0.1) is 6.04 Å². The Bertz CT molecular complexity index is 365. The molecule has 0 aromatic carbocycles. The van der Waals surface area contributed by atoms with Crippen molar-refractivity contribution in [1.29, 1.82) is 0 Å². The zero-order chi connectivity index (χ0) is 9.97. The van der Waals surface area contributed by atoms with Gasteiger partial charge in [0.15, 0.2) is 0 Å². The number of pyridine rings is 1. The third kappa shape index (κ3) is 1.55. The maximum Gasteiger partial charge on any atom is 0.247 e. The molecule has 2 rings (SSSR count). The van der Waals surface area contributed by atoms with Gasteiger partial charge >= 0.3 is 0 Å². The van der Waals surface area contributed by atoms with E-state index in [2.05, 4.69) is 4.98 Å². The number of carbonyl (C=O) groups is 1. The minimum atomic E-state index is -0.107. The van der Waals surface area contributed by atoms with Crippen LogP contribution in [0.25, 0.3) is 0 Å². The zero-order valence-electron chi connectivity index (χ0n) is 7.77. The van der Waals surface area contributed by atoms with Crippen LogP contribution < -0.4 is 5.56 Å². The summed E-state index contributed by atoms with van der Waals surface area (Å²) in [6.07, 6.45) is 4.57. The van der Waals surface area contributed by atoms with Crippen molar-refractivity contribution in [3.8, 4) is 0 Å². The van der Waals surface area contributed by atoms with Crippen LogP contribution in [0.1, 0.15) is 24.4 Å². The minimum Gasteiger partial charge on any atom is -0.338 e. The Hall–Kier alpha value is -1.58. The minimum absolute atomic E-state index is 0.107. The smallest absolute Gasteiger partial charge is 0.247 e. The lowest BCUT2D eigenvalue weighted by Crippen LogP contribution is -2.21. The molecule has 1 atom stereocenters. The number of aromatic amines is 1. The molecular weight excluding hydrogens is 180 g/mol. The normalized spacial score (nSPS) is 21.1. The number of H-pyrrole nitrogens is 1. The van der Waals surface area contributed by atoms with Gasteiger partial charge < -0.3 is 9.88 Å². The first kappa shape index (κ1) is 8.99. The van der Waals surface area contributed by atoms with Crippen molar-refractivity contribution in [2.45, 2.75) is 18.9 Å². The summed E-state index contributed by atoms with van der Waals surface area (Å²) in [5, 5.41) is 0. The van der Waals surface area contributed by atoms with Gasteiger partial charge in [0.1, 0.15) is 0 Å². The zero-order valence-corrected chi connectivity index (χ0v) is 7.77. The van der Waals surface area contributed by atoms with E-state index in [1.54, 1.807) is 17.2 Å². The number of hydrogen-bond donors (Lipinski definition) is 1. The van der Waals surface area contributed by atoms with Gasteiger partial charge in [0.25, 0.3) is 0 Å². The van der Waals surface area contributed by atoms with Crippen LogP contribution in [0.4, 0.5) is 0 Å². The van der Waals surface area contributed by atoms with E-state index >= 15 is 0 Å². The number of hydrogen-bond acceptors (Lipinski definition) is 2. The van der Waals surface area contributed by atoms with Crippen LogP contribution >= 0.6 is 0 Å². The number of carbonyl (C=O) groups excluding carboxylic acids is 1. The largest absolute Gasteiger partial charge is 0.338 e. The Morgan fingerprint density at radius 3 is 3.00 bits per heavy atom. The standard InChI is InChI=1S/C10H12N2O2/c13-7-12-5-1-2-9(12)8-3-4-10(14)11-6-8/h3-4,6-7,9H,1-2,5H2,(H,11,14)/t9-/m0/s1. The van der Waals surface area contributed by atoms with Crippen LogP contribution in [0.15, 0.2) is 23.1 Å². The molecule has 1 aliphatic rings. The number of aromatic nitrogens is 1. The lowest BCUT2D eigenvalue weighted by atomic mass is 10.1. The van der Waals surface area contributed by atoms with Gasteiger partial charge in [0, 0.05) is 18.8 Å². The van der Waals surface area contributed by atoms with E-state index in [1.807, 2.05) is 0 Å². The van der Waals surface area contributed by atoms with Gasteiger partial charge in [-0.25, -0.2) is 0 Å². The molecule has 1 N–H and O–H groups in total. The van der Waals surface area contributed by atoms with E-state index < -0.39 is 0 Å². The predicted octanol–water partition coefficient (Wildman–Crippen LogP) is 0.668. The van der Waals surface area contributed by atoms with E-state index in [4.69, 9.17) is 0 Å². The van der Waals surface area contributed by atoms with Crippen LogP contribution in [0.2, 0.25) is 0 Å². The average molecular weight is 192 g/mol. The highest BCUT2D eigenvalue weighted by Gasteiger charge is 2.24. The maximum absolute atomic E-state index is 10.8. The van der Waals surface area contributed by atoms with Crippen LogP contribution in [0, 0.1) is 0 Å². The lowest BCUT2D eigenvalue weighted by molar-refractivity contribution is -0.118.